The van der Waals surface area contributed by atoms with Gasteiger partial charge in [0, 0.05) is 26.2 Å². The van der Waals surface area contributed by atoms with E-state index < -0.39 is 11.9 Å². The molecule has 0 radical (unpaired) electrons. The van der Waals surface area contributed by atoms with Crippen LogP contribution in [0.3, 0.4) is 0 Å². The Morgan fingerprint density at radius 2 is 1.96 bits per heavy atom. The molecule has 0 bridgehead atoms. The third-order valence-corrected chi connectivity index (χ3v) is 4.36. The minimum absolute atomic E-state index is 0.0574. The summed E-state index contributed by atoms with van der Waals surface area (Å²) in [5, 5.41) is 9.61. The van der Waals surface area contributed by atoms with Crippen molar-refractivity contribution in [3.05, 3.63) is 42.6 Å². The highest BCUT2D eigenvalue weighted by molar-refractivity contribution is 5.85. The summed E-state index contributed by atoms with van der Waals surface area (Å²) >= 11 is 0. The van der Waals surface area contributed by atoms with Gasteiger partial charge in [-0.3, -0.25) is 4.79 Å². The number of hydrogen-bond acceptors (Lipinski definition) is 7. The van der Waals surface area contributed by atoms with Crippen molar-refractivity contribution in [2.45, 2.75) is 5.92 Å². The molecular formula is C19H21N5O2. The lowest BCUT2D eigenvalue weighted by Crippen LogP contribution is -2.45. The molecule has 0 spiro atoms. The van der Waals surface area contributed by atoms with E-state index in [1.54, 1.807) is 0 Å². The Balaban J connectivity index is 2.06. The zero-order chi connectivity index (χ0) is 18.5. The van der Waals surface area contributed by atoms with Crippen molar-refractivity contribution in [3.8, 4) is 6.07 Å². The summed E-state index contributed by atoms with van der Waals surface area (Å²) in [5.41, 5.74) is 1.74. The Morgan fingerprint density at radius 1 is 1.31 bits per heavy atom. The zero-order valence-corrected chi connectivity index (χ0v) is 14.8. The number of piperazine rings is 1. The molecule has 2 aromatic rings. The molecule has 0 amide bonds. The molecule has 7 nitrogen and oxygen atoms in total. The summed E-state index contributed by atoms with van der Waals surface area (Å²) in [7, 11) is 2.06. The molecular weight excluding hydrogens is 330 g/mol. The second kappa shape index (κ2) is 7.93. The lowest BCUT2D eigenvalue weighted by atomic mass is 10.1. The monoisotopic (exact) mass is 351 g/mol. The van der Waals surface area contributed by atoms with E-state index in [-0.39, 0.29) is 6.61 Å². The topological polar surface area (TPSA) is 82.3 Å². The van der Waals surface area contributed by atoms with Crippen molar-refractivity contribution in [1.29, 1.82) is 5.26 Å². The summed E-state index contributed by atoms with van der Waals surface area (Å²) in [6.07, 6.45) is 1.47. The predicted molar refractivity (Wildman–Crippen MR) is 98.8 cm³/mol. The van der Waals surface area contributed by atoms with E-state index in [1.807, 2.05) is 30.3 Å². The zero-order valence-electron chi connectivity index (χ0n) is 14.8. The molecule has 1 aromatic carbocycles. The van der Waals surface area contributed by atoms with Crippen LogP contribution in [0.5, 0.6) is 0 Å². The summed E-state index contributed by atoms with van der Waals surface area (Å²) in [6.45, 7) is 6.87. The van der Waals surface area contributed by atoms with Crippen LogP contribution in [0.15, 0.2) is 36.9 Å². The van der Waals surface area contributed by atoms with Gasteiger partial charge >= 0.3 is 5.97 Å². The maximum atomic E-state index is 12.4. The Hall–Kier alpha value is -2.98. The number of likely N-dealkylation sites (N-methyl/N-ethyl adjacent to an activating group) is 1. The van der Waals surface area contributed by atoms with E-state index in [2.05, 4.69) is 28.4 Å². The summed E-state index contributed by atoms with van der Waals surface area (Å²) in [6, 6.07) is 9.48. The molecule has 1 aliphatic heterocycles. The number of rotatable bonds is 5. The second-order valence-electron chi connectivity index (χ2n) is 6.19. The van der Waals surface area contributed by atoms with Gasteiger partial charge < -0.3 is 14.5 Å². The highest BCUT2D eigenvalue weighted by Gasteiger charge is 2.30. The van der Waals surface area contributed by atoms with Crippen LogP contribution in [0, 0.1) is 11.3 Å². The average molecular weight is 351 g/mol. The average Bonchev–Trinajstić information content (AvgIpc) is 2.67. The molecule has 3 rings (SSSR count). The number of anilines is 1. The fourth-order valence-electron chi connectivity index (χ4n) is 2.90. The number of fused-ring (bicyclic) bond motifs is 1. The summed E-state index contributed by atoms with van der Waals surface area (Å²) in [4.78, 5) is 26.0. The van der Waals surface area contributed by atoms with Gasteiger partial charge in [-0.1, -0.05) is 24.8 Å². The number of esters is 1. The van der Waals surface area contributed by atoms with Gasteiger partial charge in [-0.25, -0.2) is 9.97 Å². The SMILES string of the molecule is C=CCOC(=O)[C@@H](C#N)c1nc2ccccc2nc1N1CCN(C)CC1. The normalized spacial score (nSPS) is 16.1. The molecule has 0 saturated carbocycles. The van der Waals surface area contributed by atoms with Gasteiger partial charge in [0.25, 0.3) is 0 Å². The number of carbonyl (C=O) groups is 1. The van der Waals surface area contributed by atoms with Crippen molar-refractivity contribution in [2.24, 2.45) is 0 Å². The number of carbonyl (C=O) groups excluding carboxylic acids is 1. The number of hydrogen-bond donors (Lipinski definition) is 0. The Bertz CT molecular complexity index is 853. The Labute approximate surface area is 152 Å². The molecule has 1 aliphatic rings. The van der Waals surface area contributed by atoms with Gasteiger partial charge in [-0.2, -0.15) is 5.26 Å². The van der Waals surface area contributed by atoms with Crippen LogP contribution < -0.4 is 4.90 Å². The number of ether oxygens (including phenoxy) is 1. The van der Waals surface area contributed by atoms with Gasteiger partial charge in [-0.05, 0) is 19.2 Å². The van der Waals surface area contributed by atoms with Crippen LogP contribution in [-0.4, -0.2) is 60.7 Å². The van der Waals surface area contributed by atoms with Crippen LogP contribution in [0.1, 0.15) is 11.6 Å². The minimum atomic E-state index is -1.12. The van der Waals surface area contributed by atoms with Crippen molar-refractivity contribution >= 4 is 22.8 Å². The van der Waals surface area contributed by atoms with Gasteiger partial charge in [0.15, 0.2) is 11.7 Å². The maximum Gasteiger partial charge on any atom is 0.330 e. The quantitative estimate of drug-likeness (QED) is 0.599. The third-order valence-electron chi connectivity index (χ3n) is 4.36. The first-order chi connectivity index (χ1) is 12.6. The number of nitrogens with zero attached hydrogens (tertiary/aromatic N) is 5. The molecule has 1 aromatic heterocycles. The third kappa shape index (κ3) is 3.65. The number of benzene rings is 1. The fraction of sp³-hybridized carbons (Fsp3) is 0.368. The standard InChI is InChI=1S/C19H21N5O2/c1-3-12-26-19(25)14(13-20)17-18(24-10-8-23(2)9-11-24)22-16-7-5-4-6-15(16)21-17/h3-7,14H,1,8-12H2,2H3/t14-/m0/s1. The van der Waals surface area contributed by atoms with E-state index in [4.69, 9.17) is 9.72 Å². The summed E-state index contributed by atoms with van der Waals surface area (Å²) < 4.78 is 5.10. The van der Waals surface area contributed by atoms with Crippen molar-refractivity contribution in [3.63, 3.8) is 0 Å². The van der Waals surface area contributed by atoms with E-state index in [9.17, 15) is 10.1 Å². The van der Waals surface area contributed by atoms with E-state index in [0.717, 1.165) is 31.7 Å². The van der Waals surface area contributed by atoms with Crippen LogP contribution in [-0.2, 0) is 9.53 Å². The minimum Gasteiger partial charge on any atom is -0.460 e. The lowest BCUT2D eigenvalue weighted by molar-refractivity contribution is -0.142. The molecule has 7 heteroatoms. The van der Waals surface area contributed by atoms with Crippen molar-refractivity contribution in [2.75, 3.05) is 44.7 Å². The Morgan fingerprint density at radius 3 is 2.58 bits per heavy atom. The van der Waals surface area contributed by atoms with Gasteiger partial charge in [0.05, 0.1) is 17.1 Å². The summed E-state index contributed by atoms with van der Waals surface area (Å²) in [5.74, 6) is -1.17. The number of nitriles is 1. The highest BCUT2D eigenvalue weighted by Crippen LogP contribution is 2.28. The van der Waals surface area contributed by atoms with E-state index in [1.165, 1.54) is 6.08 Å². The molecule has 0 aliphatic carbocycles. The number of aromatic nitrogens is 2. The first kappa shape index (κ1) is 17.8. The maximum absolute atomic E-state index is 12.4. The van der Waals surface area contributed by atoms with Gasteiger partial charge in [0.1, 0.15) is 12.3 Å². The first-order valence-corrected chi connectivity index (χ1v) is 8.51. The smallest absolute Gasteiger partial charge is 0.330 e. The molecule has 1 saturated heterocycles. The predicted octanol–water partition coefficient (Wildman–Crippen LogP) is 1.72. The molecule has 0 unspecified atom stereocenters. The fourth-order valence-corrected chi connectivity index (χ4v) is 2.90. The molecule has 1 fully saturated rings. The second-order valence-corrected chi connectivity index (χ2v) is 6.19. The molecule has 134 valence electrons. The van der Waals surface area contributed by atoms with E-state index >= 15 is 0 Å². The van der Waals surface area contributed by atoms with Crippen LogP contribution in [0.25, 0.3) is 11.0 Å². The molecule has 26 heavy (non-hydrogen) atoms. The van der Waals surface area contributed by atoms with Gasteiger partial charge in [0.2, 0.25) is 0 Å². The van der Waals surface area contributed by atoms with Crippen LogP contribution >= 0.6 is 0 Å². The lowest BCUT2D eigenvalue weighted by Gasteiger charge is -2.34. The van der Waals surface area contributed by atoms with Crippen molar-refractivity contribution in [1.82, 2.24) is 14.9 Å². The number of para-hydroxylation sites is 2. The Kier molecular flexibility index (Phi) is 5.44. The molecule has 1 atom stereocenters. The first-order valence-electron chi connectivity index (χ1n) is 8.51. The highest BCUT2D eigenvalue weighted by atomic mass is 16.5. The van der Waals surface area contributed by atoms with Gasteiger partial charge in [-0.15, -0.1) is 0 Å². The van der Waals surface area contributed by atoms with Crippen molar-refractivity contribution < 1.29 is 9.53 Å². The molecule has 2 heterocycles. The van der Waals surface area contributed by atoms with Crippen LogP contribution in [0.4, 0.5) is 5.82 Å². The van der Waals surface area contributed by atoms with E-state index in [0.29, 0.717) is 17.0 Å². The molecule has 0 N–H and O–H groups in total. The largest absolute Gasteiger partial charge is 0.460 e. The van der Waals surface area contributed by atoms with Crippen LogP contribution in [0.2, 0.25) is 0 Å².